The minimum Gasteiger partial charge on any atom is -0.488 e. The van der Waals surface area contributed by atoms with Crippen molar-refractivity contribution in [1.82, 2.24) is 5.32 Å². The van der Waals surface area contributed by atoms with Crippen LogP contribution in [-0.4, -0.2) is 28.8 Å². The van der Waals surface area contributed by atoms with Gasteiger partial charge in [0.1, 0.15) is 18.4 Å². The van der Waals surface area contributed by atoms with E-state index in [0.717, 1.165) is 22.4 Å². The van der Waals surface area contributed by atoms with Gasteiger partial charge in [0.25, 0.3) is 0 Å². The van der Waals surface area contributed by atoms with Crippen molar-refractivity contribution in [3.63, 3.8) is 0 Å². The van der Waals surface area contributed by atoms with Crippen LogP contribution in [0.2, 0.25) is 0 Å². The number of carboxylic acid groups (broad SMARTS) is 1. The standard InChI is InChI=1S/C32H34N2O4/c1-22-16-27(19-34-30(20-35)32(36)37)31(38-21-24-10-5-3-6-11-24)17-29(22)33-18-26-14-9-15-28(23(26)2)25-12-7-4-8-13-25/h3-17,30,33-35H,18-21H2,1-2H3,(H,36,37). The third-order valence-corrected chi connectivity index (χ3v) is 6.66. The Bertz CT molecular complexity index is 1360. The molecular formula is C32H34N2O4. The van der Waals surface area contributed by atoms with Gasteiger partial charge in [-0.3, -0.25) is 10.1 Å². The third-order valence-electron chi connectivity index (χ3n) is 6.66. The molecule has 0 spiro atoms. The highest BCUT2D eigenvalue weighted by atomic mass is 16.5. The Morgan fingerprint density at radius 2 is 1.58 bits per heavy atom. The largest absolute Gasteiger partial charge is 0.488 e. The number of hydrogen-bond acceptors (Lipinski definition) is 5. The lowest BCUT2D eigenvalue weighted by Crippen LogP contribution is -2.39. The molecule has 0 fully saturated rings. The fraction of sp³-hybridized carbons (Fsp3) is 0.219. The fourth-order valence-corrected chi connectivity index (χ4v) is 4.41. The first-order valence-electron chi connectivity index (χ1n) is 12.7. The average molecular weight is 511 g/mol. The molecule has 0 saturated heterocycles. The van der Waals surface area contributed by atoms with E-state index in [1.165, 1.54) is 22.3 Å². The van der Waals surface area contributed by atoms with E-state index in [-0.39, 0.29) is 6.54 Å². The minimum absolute atomic E-state index is 0.251. The molecule has 0 amide bonds. The molecule has 4 rings (SSSR count). The van der Waals surface area contributed by atoms with Crippen LogP contribution in [0.1, 0.15) is 27.8 Å². The normalized spacial score (nSPS) is 11.7. The van der Waals surface area contributed by atoms with Gasteiger partial charge >= 0.3 is 5.97 Å². The molecule has 0 bridgehead atoms. The summed E-state index contributed by atoms with van der Waals surface area (Å²) >= 11 is 0. The van der Waals surface area contributed by atoms with E-state index >= 15 is 0 Å². The Balaban J connectivity index is 1.56. The maximum atomic E-state index is 11.4. The average Bonchev–Trinajstić information content (AvgIpc) is 2.93. The van der Waals surface area contributed by atoms with Gasteiger partial charge in [0.15, 0.2) is 0 Å². The van der Waals surface area contributed by atoms with Crippen LogP contribution in [0, 0.1) is 13.8 Å². The summed E-state index contributed by atoms with van der Waals surface area (Å²) in [5.41, 5.74) is 8.66. The first kappa shape index (κ1) is 26.9. The summed E-state index contributed by atoms with van der Waals surface area (Å²) in [4.78, 5) is 11.4. The van der Waals surface area contributed by atoms with Gasteiger partial charge in [-0.15, -0.1) is 0 Å². The molecular weight excluding hydrogens is 476 g/mol. The molecule has 0 heterocycles. The van der Waals surface area contributed by atoms with Crippen LogP contribution in [0.5, 0.6) is 5.75 Å². The Hall–Kier alpha value is -4.13. The molecule has 1 unspecified atom stereocenters. The van der Waals surface area contributed by atoms with Crippen LogP contribution in [0.25, 0.3) is 11.1 Å². The fourth-order valence-electron chi connectivity index (χ4n) is 4.41. The van der Waals surface area contributed by atoms with Gasteiger partial charge in [0.05, 0.1) is 6.61 Å². The highest BCUT2D eigenvalue weighted by molar-refractivity contribution is 5.73. The van der Waals surface area contributed by atoms with Crippen molar-refractivity contribution in [2.45, 2.75) is 39.6 Å². The van der Waals surface area contributed by atoms with Crippen LogP contribution in [0.4, 0.5) is 5.69 Å². The Kier molecular flexibility index (Phi) is 9.14. The molecule has 1 atom stereocenters. The summed E-state index contributed by atoms with van der Waals surface area (Å²) < 4.78 is 6.21. The number of anilines is 1. The van der Waals surface area contributed by atoms with Crippen molar-refractivity contribution in [2.24, 2.45) is 0 Å². The van der Waals surface area contributed by atoms with Gasteiger partial charge in [-0.25, -0.2) is 0 Å². The second-order valence-electron chi connectivity index (χ2n) is 9.31. The second-order valence-corrected chi connectivity index (χ2v) is 9.31. The van der Waals surface area contributed by atoms with Gasteiger partial charge in [0.2, 0.25) is 0 Å². The molecule has 4 aromatic rings. The van der Waals surface area contributed by atoms with E-state index < -0.39 is 18.6 Å². The number of carbonyl (C=O) groups is 1. The zero-order valence-corrected chi connectivity index (χ0v) is 21.8. The van der Waals surface area contributed by atoms with Crippen molar-refractivity contribution >= 4 is 11.7 Å². The number of nitrogens with one attached hydrogen (secondary N) is 2. The molecule has 0 aliphatic carbocycles. The number of aliphatic hydroxyl groups excluding tert-OH is 1. The van der Waals surface area contributed by atoms with E-state index in [4.69, 9.17) is 4.74 Å². The molecule has 0 aliphatic rings. The third kappa shape index (κ3) is 6.79. The molecule has 0 aromatic heterocycles. The lowest BCUT2D eigenvalue weighted by atomic mass is 9.96. The van der Waals surface area contributed by atoms with Crippen LogP contribution >= 0.6 is 0 Å². The maximum Gasteiger partial charge on any atom is 0.323 e. The van der Waals surface area contributed by atoms with E-state index in [2.05, 4.69) is 60.0 Å². The molecule has 38 heavy (non-hydrogen) atoms. The van der Waals surface area contributed by atoms with Crippen molar-refractivity contribution < 1.29 is 19.7 Å². The Morgan fingerprint density at radius 1 is 0.868 bits per heavy atom. The molecule has 0 aliphatic heterocycles. The van der Waals surface area contributed by atoms with Crippen molar-refractivity contribution in [1.29, 1.82) is 0 Å². The zero-order valence-electron chi connectivity index (χ0n) is 21.8. The molecule has 0 saturated carbocycles. The predicted octanol–water partition coefficient (Wildman–Crippen LogP) is 5.70. The number of aryl methyl sites for hydroxylation is 1. The van der Waals surface area contributed by atoms with Gasteiger partial charge in [0, 0.05) is 30.4 Å². The van der Waals surface area contributed by atoms with Crippen LogP contribution in [0.15, 0.2) is 91.0 Å². The molecule has 4 N–H and O–H groups in total. The quantitative estimate of drug-likeness (QED) is 0.196. The van der Waals surface area contributed by atoms with Crippen LogP contribution < -0.4 is 15.4 Å². The predicted molar refractivity (Wildman–Crippen MR) is 151 cm³/mol. The summed E-state index contributed by atoms with van der Waals surface area (Å²) in [5.74, 6) is -0.436. The Morgan fingerprint density at radius 3 is 2.26 bits per heavy atom. The Labute approximate surface area is 223 Å². The van der Waals surface area contributed by atoms with Crippen LogP contribution in [0.3, 0.4) is 0 Å². The molecule has 4 aromatic carbocycles. The number of ether oxygens (including phenoxy) is 1. The number of benzene rings is 4. The SMILES string of the molecule is Cc1cc(CNC(CO)C(=O)O)c(OCc2ccccc2)cc1NCc1cccc(-c2ccccc2)c1C. The first-order chi connectivity index (χ1) is 18.5. The summed E-state index contributed by atoms with van der Waals surface area (Å²) in [6, 6.07) is 29.6. The van der Waals surface area contributed by atoms with Gasteiger partial charge < -0.3 is 20.3 Å². The summed E-state index contributed by atoms with van der Waals surface area (Å²) in [6.07, 6.45) is 0. The molecule has 196 valence electrons. The summed E-state index contributed by atoms with van der Waals surface area (Å²) in [5, 5.41) is 25.2. The highest BCUT2D eigenvalue weighted by Gasteiger charge is 2.17. The number of carboxylic acids is 1. The smallest absolute Gasteiger partial charge is 0.323 e. The molecule has 6 nitrogen and oxygen atoms in total. The van der Waals surface area contributed by atoms with Crippen LogP contribution in [-0.2, 0) is 24.5 Å². The number of aliphatic hydroxyl groups is 1. The van der Waals surface area contributed by atoms with Crippen molar-refractivity contribution in [2.75, 3.05) is 11.9 Å². The van der Waals surface area contributed by atoms with E-state index in [9.17, 15) is 15.0 Å². The lowest BCUT2D eigenvalue weighted by Gasteiger charge is -2.19. The number of rotatable bonds is 12. The number of hydrogen-bond donors (Lipinski definition) is 4. The zero-order chi connectivity index (χ0) is 26.9. The van der Waals surface area contributed by atoms with Gasteiger partial charge in [-0.2, -0.15) is 0 Å². The highest BCUT2D eigenvalue weighted by Crippen LogP contribution is 2.30. The summed E-state index contributed by atoms with van der Waals surface area (Å²) in [6.45, 7) is 4.96. The van der Waals surface area contributed by atoms with Crippen molar-refractivity contribution in [3.05, 3.63) is 119 Å². The van der Waals surface area contributed by atoms with E-state index in [0.29, 0.717) is 18.9 Å². The second kappa shape index (κ2) is 12.9. The van der Waals surface area contributed by atoms with E-state index in [1.807, 2.05) is 55.5 Å². The topological polar surface area (TPSA) is 90.8 Å². The maximum absolute atomic E-state index is 11.4. The van der Waals surface area contributed by atoms with E-state index in [1.54, 1.807) is 0 Å². The molecule has 0 radical (unpaired) electrons. The first-order valence-corrected chi connectivity index (χ1v) is 12.7. The summed E-state index contributed by atoms with van der Waals surface area (Å²) in [7, 11) is 0. The monoisotopic (exact) mass is 510 g/mol. The van der Waals surface area contributed by atoms with Gasteiger partial charge in [-0.1, -0.05) is 78.9 Å². The lowest BCUT2D eigenvalue weighted by molar-refractivity contribution is -0.140. The number of aliphatic carboxylic acids is 1. The minimum atomic E-state index is -1.10. The van der Waals surface area contributed by atoms with Crippen molar-refractivity contribution in [3.8, 4) is 16.9 Å². The molecule has 6 heteroatoms. The van der Waals surface area contributed by atoms with Gasteiger partial charge in [-0.05, 0) is 53.3 Å².